The smallest absolute Gasteiger partial charge is 0.490 e. The molecular formula is C18H24F3N3O3. The van der Waals surface area contributed by atoms with E-state index in [9.17, 15) is 13.2 Å². The number of carboxylic acid groups (broad SMARTS) is 1. The molecule has 0 amide bonds. The van der Waals surface area contributed by atoms with E-state index in [0.717, 1.165) is 36.6 Å². The van der Waals surface area contributed by atoms with Gasteiger partial charge in [-0.3, -0.25) is 5.10 Å². The Labute approximate surface area is 156 Å². The third-order valence-corrected chi connectivity index (χ3v) is 3.91. The number of hydrogen-bond acceptors (Lipinski definition) is 4. The lowest BCUT2D eigenvalue weighted by molar-refractivity contribution is -0.192. The van der Waals surface area contributed by atoms with Gasteiger partial charge in [-0.1, -0.05) is 18.2 Å². The van der Waals surface area contributed by atoms with Gasteiger partial charge >= 0.3 is 12.1 Å². The minimum atomic E-state index is -5.08. The third kappa shape index (κ3) is 7.30. The second kappa shape index (κ2) is 9.96. The van der Waals surface area contributed by atoms with E-state index in [0.29, 0.717) is 0 Å². The Kier molecular flexibility index (Phi) is 8.30. The Morgan fingerprint density at radius 3 is 2.37 bits per heavy atom. The highest BCUT2D eigenvalue weighted by Crippen LogP contribution is 2.18. The molecule has 0 saturated heterocycles. The number of nitrogens with zero attached hydrogens (tertiary/aromatic N) is 2. The van der Waals surface area contributed by atoms with Gasteiger partial charge in [0.25, 0.3) is 0 Å². The van der Waals surface area contributed by atoms with Gasteiger partial charge in [0.2, 0.25) is 0 Å². The molecule has 0 unspecified atom stereocenters. The lowest BCUT2D eigenvalue weighted by Crippen LogP contribution is -2.21. The number of alkyl halides is 3. The molecule has 0 bridgehead atoms. The molecule has 0 atom stereocenters. The highest BCUT2D eigenvalue weighted by Gasteiger charge is 2.38. The van der Waals surface area contributed by atoms with Gasteiger partial charge in [-0.25, -0.2) is 4.79 Å². The van der Waals surface area contributed by atoms with Crippen LogP contribution in [0.1, 0.15) is 22.5 Å². The van der Waals surface area contributed by atoms with E-state index in [4.69, 9.17) is 14.6 Å². The topological polar surface area (TPSA) is 78.5 Å². The zero-order valence-corrected chi connectivity index (χ0v) is 15.7. The number of nitrogens with one attached hydrogen (secondary N) is 1. The van der Waals surface area contributed by atoms with Crippen molar-refractivity contribution in [3.63, 3.8) is 0 Å². The van der Waals surface area contributed by atoms with Crippen LogP contribution in [-0.4, -0.2) is 53.1 Å². The summed E-state index contributed by atoms with van der Waals surface area (Å²) >= 11 is 0. The summed E-state index contributed by atoms with van der Waals surface area (Å²) in [5.74, 6) is -1.79. The number of aliphatic carboxylic acids is 1. The molecule has 150 valence electrons. The molecule has 0 radical (unpaired) electrons. The second-order valence-electron chi connectivity index (χ2n) is 6.02. The fourth-order valence-electron chi connectivity index (χ4n) is 2.38. The average molecular weight is 387 g/mol. The maximum Gasteiger partial charge on any atom is 0.490 e. The Balaban J connectivity index is 0.000000445. The number of carboxylic acids is 1. The number of rotatable bonds is 6. The number of H-pyrrole nitrogens is 1. The summed E-state index contributed by atoms with van der Waals surface area (Å²) in [6.07, 6.45) is -4.10. The number of ether oxygens (including phenoxy) is 1. The molecule has 9 heteroatoms. The number of halogens is 3. The van der Waals surface area contributed by atoms with E-state index < -0.39 is 12.1 Å². The number of aromatic nitrogens is 2. The minimum Gasteiger partial charge on any atom is -0.496 e. The van der Waals surface area contributed by atoms with Crippen LogP contribution in [0.3, 0.4) is 0 Å². The summed E-state index contributed by atoms with van der Waals surface area (Å²) in [4.78, 5) is 11.2. The van der Waals surface area contributed by atoms with Crippen LogP contribution in [0.2, 0.25) is 0 Å². The van der Waals surface area contributed by atoms with Crippen LogP contribution in [0.5, 0.6) is 5.75 Å². The van der Waals surface area contributed by atoms with Crippen molar-refractivity contribution in [3.8, 4) is 5.75 Å². The first kappa shape index (κ1) is 22.5. The summed E-state index contributed by atoms with van der Waals surface area (Å²) in [5, 5.41) is 14.4. The first-order chi connectivity index (χ1) is 12.6. The SMILES string of the molecule is COc1ccccc1CCN(C)Cc1c(C)n[nH]c1C.O=C(O)C(F)(F)F. The Hall–Kier alpha value is -2.55. The monoisotopic (exact) mass is 387 g/mol. The predicted octanol–water partition coefficient (Wildman–Crippen LogP) is 3.34. The van der Waals surface area contributed by atoms with E-state index in [1.807, 2.05) is 19.1 Å². The standard InChI is InChI=1S/C16H23N3O.C2HF3O2/c1-12-15(13(2)18-17-12)11-19(3)10-9-14-7-5-6-8-16(14)20-4;3-2(4,5)1(6)7/h5-8H,9-11H2,1-4H3,(H,17,18);(H,6,7). The molecule has 1 aromatic heterocycles. The van der Waals surface area contributed by atoms with Gasteiger partial charge in [0, 0.05) is 24.3 Å². The Morgan fingerprint density at radius 2 is 1.89 bits per heavy atom. The first-order valence-electron chi connectivity index (χ1n) is 8.17. The summed E-state index contributed by atoms with van der Waals surface area (Å²) < 4.78 is 37.1. The summed E-state index contributed by atoms with van der Waals surface area (Å²) in [6, 6.07) is 8.20. The van der Waals surface area contributed by atoms with Crippen molar-refractivity contribution >= 4 is 5.97 Å². The van der Waals surface area contributed by atoms with Crippen LogP contribution in [0.4, 0.5) is 13.2 Å². The normalized spacial score (nSPS) is 11.1. The van der Waals surface area contributed by atoms with Gasteiger partial charge in [-0.15, -0.1) is 0 Å². The molecule has 1 aromatic carbocycles. The number of aryl methyl sites for hydroxylation is 2. The van der Waals surface area contributed by atoms with Crippen LogP contribution in [0.25, 0.3) is 0 Å². The van der Waals surface area contributed by atoms with Crippen molar-refractivity contribution in [2.45, 2.75) is 33.0 Å². The number of para-hydroxylation sites is 1. The molecule has 1 heterocycles. The zero-order valence-electron chi connectivity index (χ0n) is 15.7. The lowest BCUT2D eigenvalue weighted by atomic mass is 10.1. The molecule has 2 rings (SSSR count). The highest BCUT2D eigenvalue weighted by molar-refractivity contribution is 5.73. The van der Waals surface area contributed by atoms with E-state index in [2.05, 4.69) is 41.2 Å². The van der Waals surface area contributed by atoms with E-state index in [1.54, 1.807) is 7.11 Å². The van der Waals surface area contributed by atoms with Crippen LogP contribution >= 0.6 is 0 Å². The lowest BCUT2D eigenvalue weighted by Gasteiger charge is -2.17. The fraction of sp³-hybridized carbons (Fsp3) is 0.444. The molecule has 0 aliphatic carbocycles. The van der Waals surface area contributed by atoms with Crippen LogP contribution in [0, 0.1) is 13.8 Å². The van der Waals surface area contributed by atoms with Crippen LogP contribution < -0.4 is 4.74 Å². The largest absolute Gasteiger partial charge is 0.496 e. The van der Waals surface area contributed by atoms with Crippen molar-refractivity contribution < 1.29 is 27.8 Å². The molecule has 0 spiro atoms. The predicted molar refractivity (Wildman–Crippen MR) is 94.8 cm³/mol. The number of hydrogen-bond donors (Lipinski definition) is 2. The minimum absolute atomic E-state index is 0.920. The quantitative estimate of drug-likeness (QED) is 0.795. The maximum atomic E-state index is 10.6. The molecule has 0 saturated carbocycles. The van der Waals surface area contributed by atoms with Crippen molar-refractivity contribution in [3.05, 3.63) is 46.8 Å². The number of benzene rings is 1. The highest BCUT2D eigenvalue weighted by atomic mass is 19.4. The molecular weight excluding hydrogens is 363 g/mol. The van der Waals surface area contributed by atoms with Gasteiger partial charge in [0.05, 0.1) is 12.8 Å². The van der Waals surface area contributed by atoms with Gasteiger partial charge in [0.1, 0.15) is 5.75 Å². The molecule has 6 nitrogen and oxygen atoms in total. The molecule has 2 N–H and O–H groups in total. The van der Waals surface area contributed by atoms with Gasteiger partial charge in [0.15, 0.2) is 0 Å². The summed E-state index contributed by atoms with van der Waals surface area (Å²) in [7, 11) is 3.86. The van der Waals surface area contributed by atoms with Crippen molar-refractivity contribution in [2.75, 3.05) is 20.7 Å². The molecule has 0 aliphatic heterocycles. The Morgan fingerprint density at radius 1 is 1.30 bits per heavy atom. The van der Waals surface area contributed by atoms with E-state index in [-0.39, 0.29) is 0 Å². The average Bonchev–Trinajstić information content (AvgIpc) is 2.92. The molecule has 27 heavy (non-hydrogen) atoms. The van der Waals surface area contributed by atoms with Crippen molar-refractivity contribution in [1.82, 2.24) is 15.1 Å². The second-order valence-corrected chi connectivity index (χ2v) is 6.02. The third-order valence-electron chi connectivity index (χ3n) is 3.91. The molecule has 2 aromatic rings. The van der Waals surface area contributed by atoms with E-state index in [1.165, 1.54) is 11.1 Å². The molecule has 0 aliphatic rings. The van der Waals surface area contributed by atoms with Crippen LogP contribution in [-0.2, 0) is 17.8 Å². The number of carbonyl (C=O) groups is 1. The van der Waals surface area contributed by atoms with Crippen molar-refractivity contribution in [1.29, 1.82) is 0 Å². The number of likely N-dealkylation sites (N-methyl/N-ethyl adjacent to an activating group) is 1. The number of aromatic amines is 1. The maximum absolute atomic E-state index is 10.6. The zero-order chi connectivity index (χ0) is 20.6. The van der Waals surface area contributed by atoms with Gasteiger partial charge in [-0.05, 0) is 38.9 Å². The summed E-state index contributed by atoms with van der Waals surface area (Å²) in [6.45, 7) is 6.03. The van der Waals surface area contributed by atoms with Crippen molar-refractivity contribution in [2.24, 2.45) is 0 Å². The Bertz CT molecular complexity index is 725. The van der Waals surface area contributed by atoms with Crippen LogP contribution in [0.15, 0.2) is 24.3 Å². The first-order valence-corrected chi connectivity index (χ1v) is 8.17. The molecule has 0 fully saturated rings. The van der Waals surface area contributed by atoms with Gasteiger partial charge < -0.3 is 14.7 Å². The van der Waals surface area contributed by atoms with Gasteiger partial charge in [-0.2, -0.15) is 18.3 Å². The fourth-order valence-corrected chi connectivity index (χ4v) is 2.38. The summed E-state index contributed by atoms with van der Waals surface area (Å²) in [5.41, 5.74) is 4.80. The van der Waals surface area contributed by atoms with E-state index >= 15 is 0 Å². The number of methoxy groups -OCH3 is 1.